The highest BCUT2D eigenvalue weighted by molar-refractivity contribution is 9.10. The molecule has 0 bridgehead atoms. The summed E-state index contributed by atoms with van der Waals surface area (Å²) in [7, 11) is 0. The van der Waals surface area contributed by atoms with E-state index < -0.39 is 23.0 Å². The molecule has 1 amide bonds. The van der Waals surface area contributed by atoms with Crippen molar-refractivity contribution >= 4 is 50.3 Å². The lowest BCUT2D eigenvalue weighted by Crippen LogP contribution is -2.21. The predicted octanol–water partition coefficient (Wildman–Crippen LogP) is 5.94. The number of anilines is 1. The van der Waals surface area contributed by atoms with Crippen molar-refractivity contribution in [3.05, 3.63) is 127 Å². The lowest BCUT2D eigenvalue weighted by atomic mass is 10.2. The normalized spacial score (nSPS) is 11.1. The van der Waals surface area contributed by atoms with Crippen molar-refractivity contribution in [2.24, 2.45) is 5.10 Å². The van der Waals surface area contributed by atoms with E-state index in [9.17, 15) is 19.7 Å². The van der Waals surface area contributed by atoms with Crippen LogP contribution in [0.4, 0.5) is 11.4 Å². The van der Waals surface area contributed by atoms with Gasteiger partial charge in [-0.2, -0.15) is 9.78 Å². The van der Waals surface area contributed by atoms with Crippen molar-refractivity contribution in [3.8, 4) is 17.1 Å². The van der Waals surface area contributed by atoms with Gasteiger partial charge >= 0.3 is 5.69 Å². The second-order valence-electron chi connectivity index (χ2n) is 8.98. The molecule has 4 aromatic carbocycles. The van der Waals surface area contributed by atoms with Gasteiger partial charge < -0.3 is 10.1 Å². The van der Waals surface area contributed by atoms with Crippen LogP contribution in [0.2, 0.25) is 0 Å². The number of carbonyl (C=O) groups excluding carboxylic acids is 1. The molecule has 5 rings (SSSR count). The van der Waals surface area contributed by atoms with Crippen LogP contribution in [0, 0.1) is 17.0 Å². The fourth-order valence-corrected chi connectivity index (χ4v) is 4.55. The molecule has 1 heterocycles. The minimum Gasteiger partial charge on any atom is -0.476 e. The standard InChI is InChI=1S/C30H22BrN5O5/c1-19-11-13-23(14-12-19)33-27(37)18-41-28-21(15-22(31)16-26(28)36(39)40)17-32-35-29(20-7-3-2-4-8-20)34-25-10-6-5-9-24(25)30(35)38/h2-17H,18H2,1H3,(H,33,37). The number of hydrogen-bond acceptors (Lipinski definition) is 7. The molecular formula is C30H22BrN5O5. The minimum atomic E-state index is -0.617. The third kappa shape index (κ3) is 6.20. The Morgan fingerprint density at radius 1 is 1.07 bits per heavy atom. The van der Waals surface area contributed by atoms with Gasteiger partial charge in [0.25, 0.3) is 11.5 Å². The van der Waals surface area contributed by atoms with Gasteiger partial charge in [-0.25, -0.2) is 4.98 Å². The fraction of sp³-hybridized carbons (Fsp3) is 0.0667. The van der Waals surface area contributed by atoms with E-state index in [0.29, 0.717) is 26.6 Å². The number of benzene rings is 4. The molecule has 5 aromatic rings. The first kappa shape index (κ1) is 27.4. The highest BCUT2D eigenvalue weighted by Gasteiger charge is 2.22. The molecule has 41 heavy (non-hydrogen) atoms. The zero-order valence-corrected chi connectivity index (χ0v) is 23.2. The summed E-state index contributed by atoms with van der Waals surface area (Å²) in [4.78, 5) is 42.0. The lowest BCUT2D eigenvalue weighted by Gasteiger charge is -2.12. The summed E-state index contributed by atoms with van der Waals surface area (Å²) in [6, 6.07) is 26.0. The molecule has 0 aliphatic heterocycles. The Hall–Kier alpha value is -5.16. The number of carbonyl (C=O) groups is 1. The summed E-state index contributed by atoms with van der Waals surface area (Å²) in [5.74, 6) is -0.394. The van der Waals surface area contributed by atoms with Gasteiger partial charge in [-0.3, -0.25) is 19.7 Å². The number of nitro benzene ring substituents is 1. The van der Waals surface area contributed by atoms with Crippen molar-refractivity contribution in [2.75, 3.05) is 11.9 Å². The quantitative estimate of drug-likeness (QED) is 0.131. The van der Waals surface area contributed by atoms with Gasteiger partial charge in [-0.05, 0) is 37.3 Å². The van der Waals surface area contributed by atoms with E-state index in [1.165, 1.54) is 12.3 Å². The Morgan fingerprint density at radius 2 is 1.78 bits per heavy atom. The molecular weight excluding hydrogens is 590 g/mol. The number of hydrogen-bond donors (Lipinski definition) is 1. The Morgan fingerprint density at radius 3 is 2.51 bits per heavy atom. The number of aromatic nitrogens is 2. The van der Waals surface area contributed by atoms with Crippen LogP contribution in [0.5, 0.6) is 5.75 Å². The SMILES string of the molecule is Cc1ccc(NC(=O)COc2c(C=Nn3c(-c4ccccc4)nc4ccccc4c3=O)cc(Br)cc2[N+](=O)[O-])cc1. The number of aryl methyl sites for hydroxylation is 1. The summed E-state index contributed by atoms with van der Waals surface area (Å²) in [5, 5.41) is 19.4. The Balaban J connectivity index is 1.54. The average Bonchev–Trinajstić information content (AvgIpc) is 2.97. The van der Waals surface area contributed by atoms with E-state index in [0.717, 1.165) is 10.2 Å². The van der Waals surface area contributed by atoms with E-state index in [2.05, 4.69) is 31.3 Å². The molecule has 11 heteroatoms. The van der Waals surface area contributed by atoms with Gasteiger partial charge in [0.2, 0.25) is 5.75 Å². The largest absolute Gasteiger partial charge is 0.476 e. The van der Waals surface area contributed by atoms with Crippen molar-refractivity contribution < 1.29 is 14.5 Å². The maximum atomic E-state index is 13.5. The number of nitro groups is 1. The van der Waals surface area contributed by atoms with Gasteiger partial charge in [0, 0.05) is 27.4 Å². The second-order valence-corrected chi connectivity index (χ2v) is 9.90. The smallest absolute Gasteiger partial charge is 0.312 e. The first-order valence-electron chi connectivity index (χ1n) is 12.4. The highest BCUT2D eigenvalue weighted by atomic mass is 79.9. The van der Waals surface area contributed by atoms with Gasteiger partial charge in [-0.1, -0.05) is 76.1 Å². The van der Waals surface area contributed by atoms with Gasteiger partial charge in [0.15, 0.2) is 12.4 Å². The topological polar surface area (TPSA) is 129 Å². The van der Waals surface area contributed by atoms with Crippen molar-refractivity contribution in [2.45, 2.75) is 6.92 Å². The third-order valence-electron chi connectivity index (χ3n) is 6.04. The number of fused-ring (bicyclic) bond motifs is 1. The lowest BCUT2D eigenvalue weighted by molar-refractivity contribution is -0.385. The molecule has 10 nitrogen and oxygen atoms in total. The predicted molar refractivity (Wildman–Crippen MR) is 161 cm³/mol. The fourth-order valence-electron chi connectivity index (χ4n) is 4.09. The molecule has 1 aromatic heterocycles. The first-order chi connectivity index (χ1) is 19.8. The molecule has 0 fully saturated rings. The van der Waals surface area contributed by atoms with Gasteiger partial charge in [-0.15, -0.1) is 0 Å². The van der Waals surface area contributed by atoms with Crippen molar-refractivity contribution in [1.82, 2.24) is 9.66 Å². The number of ether oxygens (including phenoxy) is 1. The molecule has 0 saturated carbocycles. The van der Waals surface area contributed by atoms with E-state index in [1.54, 1.807) is 54.6 Å². The zero-order valence-electron chi connectivity index (χ0n) is 21.7. The summed E-state index contributed by atoms with van der Waals surface area (Å²) in [6.07, 6.45) is 1.27. The Kier molecular flexibility index (Phi) is 7.97. The van der Waals surface area contributed by atoms with Crippen LogP contribution in [0.3, 0.4) is 0 Å². The van der Waals surface area contributed by atoms with E-state index >= 15 is 0 Å². The van der Waals surface area contributed by atoms with Crippen LogP contribution in [-0.2, 0) is 4.79 Å². The van der Waals surface area contributed by atoms with Crippen molar-refractivity contribution in [1.29, 1.82) is 0 Å². The summed E-state index contributed by atoms with van der Waals surface area (Å²) < 4.78 is 7.20. The van der Waals surface area contributed by atoms with E-state index in [4.69, 9.17) is 4.74 Å². The zero-order chi connectivity index (χ0) is 28.9. The van der Waals surface area contributed by atoms with Crippen LogP contribution in [0.15, 0.2) is 105 Å². The molecule has 204 valence electrons. The molecule has 1 N–H and O–H groups in total. The average molecular weight is 612 g/mol. The van der Waals surface area contributed by atoms with Crippen LogP contribution in [0.1, 0.15) is 11.1 Å². The Bertz CT molecular complexity index is 1850. The molecule has 0 atom stereocenters. The first-order valence-corrected chi connectivity index (χ1v) is 13.2. The molecule has 0 aliphatic rings. The van der Waals surface area contributed by atoms with Crippen LogP contribution < -0.4 is 15.6 Å². The number of halogens is 1. The maximum Gasteiger partial charge on any atom is 0.312 e. The number of amides is 1. The molecule has 0 spiro atoms. The third-order valence-corrected chi connectivity index (χ3v) is 6.50. The molecule has 0 aliphatic carbocycles. The number of rotatable bonds is 8. The monoisotopic (exact) mass is 611 g/mol. The Labute approximate surface area is 242 Å². The highest BCUT2D eigenvalue weighted by Crippen LogP contribution is 2.34. The molecule has 0 radical (unpaired) electrons. The van der Waals surface area contributed by atoms with Crippen LogP contribution >= 0.6 is 15.9 Å². The second kappa shape index (κ2) is 11.9. The van der Waals surface area contributed by atoms with Gasteiger partial charge in [0.05, 0.1) is 22.0 Å². The summed E-state index contributed by atoms with van der Waals surface area (Å²) in [5.41, 5.74) is 2.12. The number of nitrogens with one attached hydrogen (secondary N) is 1. The number of para-hydroxylation sites is 1. The van der Waals surface area contributed by atoms with Gasteiger partial charge in [0.1, 0.15) is 0 Å². The van der Waals surface area contributed by atoms with Crippen LogP contribution in [0.25, 0.3) is 22.3 Å². The minimum absolute atomic E-state index is 0.174. The maximum absolute atomic E-state index is 13.5. The van der Waals surface area contributed by atoms with Crippen molar-refractivity contribution in [3.63, 3.8) is 0 Å². The van der Waals surface area contributed by atoms with E-state index in [1.807, 2.05) is 37.3 Å². The van der Waals surface area contributed by atoms with Crippen LogP contribution in [-0.4, -0.2) is 33.3 Å². The van der Waals surface area contributed by atoms with E-state index in [-0.39, 0.29) is 22.8 Å². The molecule has 0 saturated heterocycles. The molecule has 0 unspecified atom stereocenters. The number of nitrogens with zero attached hydrogens (tertiary/aromatic N) is 4. The summed E-state index contributed by atoms with van der Waals surface area (Å²) in [6.45, 7) is 1.43. The summed E-state index contributed by atoms with van der Waals surface area (Å²) >= 11 is 3.29.